The molecule has 0 atom stereocenters. The Balaban J connectivity index is 1.97. The number of rotatable bonds is 5. The third kappa shape index (κ3) is 2.45. The first-order valence-corrected chi connectivity index (χ1v) is 7.05. The molecular weight excluding hydrogens is 224 g/mol. The highest BCUT2D eigenvalue weighted by atomic mass is 15.3. The van der Waals surface area contributed by atoms with E-state index in [2.05, 4.69) is 48.4 Å². The van der Waals surface area contributed by atoms with Gasteiger partial charge in [-0.05, 0) is 25.3 Å². The molecule has 0 amide bonds. The standard InChI is InChI=1S/C14H26N4/c1-5-12-7-13(18(6-2)16-12)8-17-9-14(15,10-17)11(3)4/h7,11H,5-6,8-10,15H2,1-4H3. The first-order chi connectivity index (χ1) is 8.48. The molecular formula is C14H26N4. The van der Waals surface area contributed by atoms with Gasteiger partial charge in [-0.15, -0.1) is 0 Å². The summed E-state index contributed by atoms with van der Waals surface area (Å²) >= 11 is 0. The summed E-state index contributed by atoms with van der Waals surface area (Å²) in [4.78, 5) is 2.42. The van der Waals surface area contributed by atoms with Crippen molar-refractivity contribution < 1.29 is 0 Å². The molecule has 4 nitrogen and oxygen atoms in total. The molecule has 0 spiro atoms. The highest BCUT2D eigenvalue weighted by Crippen LogP contribution is 2.27. The number of hydrogen-bond donors (Lipinski definition) is 1. The van der Waals surface area contributed by atoms with Crippen LogP contribution >= 0.6 is 0 Å². The van der Waals surface area contributed by atoms with Crippen molar-refractivity contribution in [2.45, 2.75) is 52.7 Å². The van der Waals surface area contributed by atoms with Crippen molar-refractivity contribution in [2.75, 3.05) is 13.1 Å². The number of hydrogen-bond acceptors (Lipinski definition) is 3. The number of nitrogens with zero attached hydrogens (tertiary/aromatic N) is 3. The fraction of sp³-hybridized carbons (Fsp3) is 0.786. The van der Waals surface area contributed by atoms with Gasteiger partial charge in [0.1, 0.15) is 0 Å². The van der Waals surface area contributed by atoms with E-state index < -0.39 is 0 Å². The van der Waals surface area contributed by atoms with Gasteiger partial charge in [0, 0.05) is 31.7 Å². The average molecular weight is 250 g/mol. The summed E-state index contributed by atoms with van der Waals surface area (Å²) in [6.07, 6.45) is 1.01. The Morgan fingerprint density at radius 1 is 1.39 bits per heavy atom. The average Bonchev–Trinajstić information content (AvgIpc) is 2.69. The molecule has 102 valence electrons. The van der Waals surface area contributed by atoms with E-state index in [9.17, 15) is 0 Å². The lowest BCUT2D eigenvalue weighted by atomic mass is 9.80. The molecule has 0 aromatic carbocycles. The van der Waals surface area contributed by atoms with Gasteiger partial charge in [0.05, 0.1) is 11.4 Å². The third-order valence-corrected chi connectivity index (χ3v) is 4.15. The predicted molar refractivity (Wildman–Crippen MR) is 74.3 cm³/mol. The maximum Gasteiger partial charge on any atom is 0.0625 e. The van der Waals surface area contributed by atoms with Crippen molar-refractivity contribution in [3.63, 3.8) is 0 Å². The monoisotopic (exact) mass is 250 g/mol. The van der Waals surface area contributed by atoms with Crippen LogP contribution in [0.4, 0.5) is 0 Å². The Bertz CT molecular complexity index is 402. The van der Waals surface area contributed by atoms with Crippen LogP contribution in [0.5, 0.6) is 0 Å². The molecule has 1 fully saturated rings. The number of likely N-dealkylation sites (tertiary alicyclic amines) is 1. The Kier molecular flexibility index (Phi) is 3.78. The molecule has 0 radical (unpaired) electrons. The van der Waals surface area contributed by atoms with E-state index in [1.54, 1.807) is 0 Å². The first kappa shape index (κ1) is 13.6. The van der Waals surface area contributed by atoms with Crippen molar-refractivity contribution in [3.05, 3.63) is 17.5 Å². The molecule has 1 aromatic heterocycles. The molecule has 4 heteroatoms. The zero-order chi connectivity index (χ0) is 13.3. The van der Waals surface area contributed by atoms with Crippen molar-refractivity contribution in [2.24, 2.45) is 11.7 Å². The van der Waals surface area contributed by atoms with Crippen LogP contribution in [0.25, 0.3) is 0 Å². The second-order valence-electron chi connectivity index (χ2n) is 5.83. The molecule has 2 heterocycles. The fourth-order valence-corrected chi connectivity index (χ4v) is 2.58. The second kappa shape index (κ2) is 5.02. The maximum atomic E-state index is 6.33. The van der Waals surface area contributed by atoms with Crippen LogP contribution in [0.1, 0.15) is 39.1 Å². The smallest absolute Gasteiger partial charge is 0.0625 e. The normalized spacial score (nSPS) is 19.2. The SMILES string of the molecule is CCc1cc(CN2CC(N)(C(C)C)C2)n(CC)n1. The van der Waals surface area contributed by atoms with E-state index in [4.69, 9.17) is 5.73 Å². The van der Waals surface area contributed by atoms with E-state index in [1.807, 2.05) is 0 Å². The van der Waals surface area contributed by atoms with Gasteiger partial charge in [-0.3, -0.25) is 9.58 Å². The molecule has 1 aliphatic heterocycles. The van der Waals surface area contributed by atoms with Crippen molar-refractivity contribution in [1.82, 2.24) is 14.7 Å². The van der Waals surface area contributed by atoms with Crippen molar-refractivity contribution in [1.29, 1.82) is 0 Å². The zero-order valence-electron chi connectivity index (χ0n) is 12.1. The van der Waals surface area contributed by atoms with E-state index >= 15 is 0 Å². The van der Waals surface area contributed by atoms with Crippen LogP contribution in [0.15, 0.2) is 6.07 Å². The van der Waals surface area contributed by atoms with Gasteiger partial charge in [-0.1, -0.05) is 20.8 Å². The second-order valence-corrected chi connectivity index (χ2v) is 5.83. The summed E-state index contributed by atoms with van der Waals surface area (Å²) in [6.45, 7) is 12.6. The van der Waals surface area contributed by atoms with Crippen molar-refractivity contribution in [3.8, 4) is 0 Å². The topological polar surface area (TPSA) is 47.1 Å². The molecule has 0 saturated carbocycles. The minimum atomic E-state index is 0.0185. The first-order valence-electron chi connectivity index (χ1n) is 7.05. The van der Waals surface area contributed by atoms with Gasteiger partial charge in [-0.25, -0.2) is 0 Å². The summed E-state index contributed by atoms with van der Waals surface area (Å²) in [7, 11) is 0. The summed E-state index contributed by atoms with van der Waals surface area (Å²) in [5, 5.41) is 4.59. The van der Waals surface area contributed by atoms with Gasteiger partial charge in [0.2, 0.25) is 0 Å². The van der Waals surface area contributed by atoms with Crippen LogP contribution in [0, 0.1) is 5.92 Å². The highest BCUT2D eigenvalue weighted by molar-refractivity contribution is 5.12. The molecule has 1 aliphatic rings. The lowest BCUT2D eigenvalue weighted by Crippen LogP contribution is -2.69. The molecule has 1 saturated heterocycles. The number of aryl methyl sites for hydroxylation is 2. The maximum absolute atomic E-state index is 6.33. The lowest BCUT2D eigenvalue weighted by molar-refractivity contribution is 0.0293. The van der Waals surface area contributed by atoms with Gasteiger partial charge < -0.3 is 5.73 Å². The molecule has 0 aliphatic carbocycles. The van der Waals surface area contributed by atoms with Gasteiger partial charge >= 0.3 is 0 Å². The van der Waals surface area contributed by atoms with Gasteiger partial charge in [0.15, 0.2) is 0 Å². The summed E-state index contributed by atoms with van der Waals surface area (Å²) in [6, 6.07) is 2.23. The van der Waals surface area contributed by atoms with E-state index in [0.29, 0.717) is 5.92 Å². The van der Waals surface area contributed by atoms with Gasteiger partial charge in [-0.2, -0.15) is 5.10 Å². The zero-order valence-corrected chi connectivity index (χ0v) is 12.1. The minimum Gasteiger partial charge on any atom is -0.323 e. The molecule has 0 bridgehead atoms. The molecule has 1 aromatic rings. The summed E-state index contributed by atoms with van der Waals surface area (Å²) in [5.74, 6) is 0.552. The number of aromatic nitrogens is 2. The fourth-order valence-electron chi connectivity index (χ4n) is 2.58. The van der Waals surface area contributed by atoms with Gasteiger partial charge in [0.25, 0.3) is 0 Å². The van der Waals surface area contributed by atoms with Crippen molar-refractivity contribution >= 4 is 0 Å². The highest BCUT2D eigenvalue weighted by Gasteiger charge is 2.41. The molecule has 2 N–H and O–H groups in total. The Morgan fingerprint density at radius 2 is 2.06 bits per heavy atom. The number of nitrogens with two attached hydrogens (primary N) is 1. The molecule has 0 unspecified atom stereocenters. The van der Waals surface area contributed by atoms with Crippen LogP contribution in [0.3, 0.4) is 0 Å². The minimum absolute atomic E-state index is 0.0185. The molecule has 18 heavy (non-hydrogen) atoms. The lowest BCUT2D eigenvalue weighted by Gasteiger charge is -2.50. The Labute approximate surface area is 110 Å². The van der Waals surface area contributed by atoms with E-state index in [1.165, 1.54) is 11.4 Å². The Hall–Kier alpha value is -0.870. The van der Waals surface area contributed by atoms with E-state index in [0.717, 1.165) is 32.6 Å². The third-order valence-electron chi connectivity index (χ3n) is 4.15. The Morgan fingerprint density at radius 3 is 2.56 bits per heavy atom. The molecule has 2 rings (SSSR count). The van der Waals surface area contributed by atoms with Crippen LogP contribution in [0.2, 0.25) is 0 Å². The largest absolute Gasteiger partial charge is 0.323 e. The summed E-state index contributed by atoms with van der Waals surface area (Å²) < 4.78 is 2.12. The van der Waals surface area contributed by atoms with Crippen LogP contribution in [-0.4, -0.2) is 33.3 Å². The quantitative estimate of drug-likeness (QED) is 0.864. The summed E-state index contributed by atoms with van der Waals surface area (Å²) in [5.41, 5.74) is 8.86. The predicted octanol–water partition coefficient (Wildman–Crippen LogP) is 1.63. The van der Waals surface area contributed by atoms with Crippen LogP contribution < -0.4 is 5.73 Å². The van der Waals surface area contributed by atoms with E-state index in [-0.39, 0.29) is 5.54 Å². The van der Waals surface area contributed by atoms with Crippen LogP contribution in [-0.2, 0) is 19.5 Å².